The van der Waals surface area contributed by atoms with Gasteiger partial charge in [-0.15, -0.1) is 0 Å². The maximum atomic E-state index is 10.7. The summed E-state index contributed by atoms with van der Waals surface area (Å²) in [5.74, 6) is 2.88. The molecule has 4 rings (SSSR count). The SMILES string of the molecule is CCCCOC[C@H](O)CN(Cc1c(C)nn(-c2ccccc2)c1Oc1ccc(OC)cc1)CC1CC1. The van der Waals surface area contributed by atoms with Crippen molar-refractivity contribution in [1.29, 1.82) is 0 Å². The molecule has 2 aromatic carbocycles. The second kappa shape index (κ2) is 12.9. The van der Waals surface area contributed by atoms with Crippen molar-refractivity contribution in [3.63, 3.8) is 0 Å². The van der Waals surface area contributed by atoms with E-state index in [0.717, 1.165) is 42.1 Å². The first-order chi connectivity index (χ1) is 17.6. The van der Waals surface area contributed by atoms with Crippen LogP contribution in [0.5, 0.6) is 17.4 Å². The molecule has 7 nitrogen and oxygen atoms in total. The number of methoxy groups -OCH3 is 1. The van der Waals surface area contributed by atoms with Crippen molar-refractivity contribution >= 4 is 0 Å². The minimum absolute atomic E-state index is 0.360. The molecule has 194 valence electrons. The van der Waals surface area contributed by atoms with Crippen LogP contribution < -0.4 is 9.47 Å². The van der Waals surface area contributed by atoms with Crippen molar-refractivity contribution in [3.8, 4) is 23.1 Å². The summed E-state index contributed by atoms with van der Waals surface area (Å²) in [6, 6.07) is 17.6. The standard InChI is InChI=1S/C29H39N3O4/c1-4-5-17-35-21-25(33)19-31(18-23-11-12-23)20-28-22(2)30-32(24-9-7-6-8-10-24)29(28)36-27-15-13-26(34-3)14-16-27/h6-10,13-16,23,25,33H,4-5,11-12,17-21H2,1-3H3/t25-/m1/s1. The molecule has 1 heterocycles. The third-order valence-corrected chi connectivity index (χ3v) is 6.43. The van der Waals surface area contributed by atoms with Crippen molar-refractivity contribution < 1.29 is 19.3 Å². The Kier molecular flexibility index (Phi) is 9.39. The molecular weight excluding hydrogens is 454 g/mol. The van der Waals surface area contributed by atoms with E-state index < -0.39 is 6.10 Å². The van der Waals surface area contributed by atoms with Gasteiger partial charge in [-0.05, 0) is 68.5 Å². The van der Waals surface area contributed by atoms with Gasteiger partial charge < -0.3 is 19.3 Å². The van der Waals surface area contributed by atoms with Crippen LogP contribution in [0.4, 0.5) is 0 Å². The second-order valence-electron chi connectivity index (χ2n) is 9.61. The van der Waals surface area contributed by atoms with Gasteiger partial charge in [0, 0.05) is 26.2 Å². The monoisotopic (exact) mass is 493 g/mol. The number of ether oxygens (including phenoxy) is 3. The van der Waals surface area contributed by atoms with Gasteiger partial charge in [0.1, 0.15) is 11.5 Å². The molecule has 1 aliphatic carbocycles. The molecule has 1 N–H and O–H groups in total. The second-order valence-corrected chi connectivity index (χ2v) is 9.61. The number of aromatic nitrogens is 2. The summed E-state index contributed by atoms with van der Waals surface area (Å²) in [6.45, 7) is 7.37. The fraction of sp³-hybridized carbons (Fsp3) is 0.483. The molecule has 3 aromatic rings. The van der Waals surface area contributed by atoms with E-state index >= 15 is 0 Å². The van der Waals surface area contributed by atoms with Crippen molar-refractivity contribution in [2.45, 2.75) is 52.2 Å². The Morgan fingerprint density at radius 1 is 1.08 bits per heavy atom. The molecule has 0 bridgehead atoms. The van der Waals surface area contributed by atoms with Crippen LogP contribution in [-0.2, 0) is 11.3 Å². The lowest BCUT2D eigenvalue weighted by Crippen LogP contribution is -2.36. The fourth-order valence-electron chi connectivity index (χ4n) is 4.23. The van der Waals surface area contributed by atoms with Crippen LogP contribution in [0.1, 0.15) is 43.9 Å². The number of nitrogens with zero attached hydrogens (tertiary/aromatic N) is 3. The Balaban J connectivity index is 1.58. The Labute approximate surface area is 214 Å². The number of unbranched alkanes of at least 4 members (excludes halogenated alkanes) is 1. The maximum Gasteiger partial charge on any atom is 0.227 e. The first-order valence-electron chi connectivity index (χ1n) is 13.0. The number of para-hydroxylation sites is 1. The molecular formula is C29H39N3O4. The van der Waals surface area contributed by atoms with Gasteiger partial charge in [-0.3, -0.25) is 4.90 Å². The maximum absolute atomic E-state index is 10.7. The highest BCUT2D eigenvalue weighted by atomic mass is 16.5. The lowest BCUT2D eigenvalue weighted by Gasteiger charge is -2.25. The van der Waals surface area contributed by atoms with Gasteiger partial charge in [-0.2, -0.15) is 5.10 Å². The van der Waals surface area contributed by atoms with Gasteiger partial charge in [0.2, 0.25) is 5.88 Å². The van der Waals surface area contributed by atoms with E-state index in [4.69, 9.17) is 19.3 Å². The van der Waals surface area contributed by atoms with E-state index in [1.165, 1.54) is 12.8 Å². The summed E-state index contributed by atoms with van der Waals surface area (Å²) >= 11 is 0. The quantitative estimate of drug-likeness (QED) is 0.287. The van der Waals surface area contributed by atoms with Crippen LogP contribution in [0, 0.1) is 12.8 Å². The van der Waals surface area contributed by atoms with Gasteiger partial charge >= 0.3 is 0 Å². The van der Waals surface area contributed by atoms with Gasteiger partial charge in [-0.25, -0.2) is 4.68 Å². The predicted molar refractivity (Wildman–Crippen MR) is 141 cm³/mol. The molecule has 7 heteroatoms. The summed E-state index contributed by atoms with van der Waals surface area (Å²) < 4.78 is 19.3. The molecule has 0 spiro atoms. The Hall–Kier alpha value is -2.87. The largest absolute Gasteiger partial charge is 0.497 e. The van der Waals surface area contributed by atoms with Crippen LogP contribution in [0.2, 0.25) is 0 Å². The van der Waals surface area contributed by atoms with Crippen molar-refractivity contribution in [1.82, 2.24) is 14.7 Å². The van der Waals surface area contributed by atoms with E-state index in [1.807, 2.05) is 66.2 Å². The van der Waals surface area contributed by atoms with E-state index in [-0.39, 0.29) is 0 Å². The van der Waals surface area contributed by atoms with Crippen LogP contribution in [0.15, 0.2) is 54.6 Å². The van der Waals surface area contributed by atoms with E-state index in [1.54, 1.807) is 7.11 Å². The number of hydrogen-bond donors (Lipinski definition) is 1. The molecule has 0 saturated heterocycles. The Morgan fingerprint density at radius 3 is 2.47 bits per heavy atom. The highest BCUT2D eigenvalue weighted by Crippen LogP contribution is 2.34. The normalized spacial score (nSPS) is 14.2. The lowest BCUT2D eigenvalue weighted by atomic mass is 10.2. The van der Waals surface area contributed by atoms with Crippen LogP contribution in [-0.4, -0.2) is 59.3 Å². The smallest absolute Gasteiger partial charge is 0.227 e. The first kappa shape index (κ1) is 26.2. The van der Waals surface area contributed by atoms with Crippen LogP contribution >= 0.6 is 0 Å². The predicted octanol–water partition coefficient (Wildman–Crippen LogP) is 5.37. The molecule has 1 aliphatic rings. The number of rotatable bonds is 15. The summed E-state index contributed by atoms with van der Waals surface area (Å²) in [5.41, 5.74) is 2.87. The summed E-state index contributed by atoms with van der Waals surface area (Å²) in [5, 5.41) is 15.6. The number of hydrogen-bond acceptors (Lipinski definition) is 6. The first-order valence-corrected chi connectivity index (χ1v) is 13.0. The Morgan fingerprint density at radius 2 is 1.81 bits per heavy atom. The van der Waals surface area contributed by atoms with E-state index in [2.05, 4.69) is 11.8 Å². The summed E-state index contributed by atoms with van der Waals surface area (Å²) in [4.78, 5) is 2.33. The number of aryl methyl sites for hydroxylation is 1. The zero-order chi connectivity index (χ0) is 25.3. The third-order valence-electron chi connectivity index (χ3n) is 6.43. The van der Waals surface area contributed by atoms with Crippen molar-refractivity contribution in [2.75, 3.05) is 33.4 Å². The molecule has 36 heavy (non-hydrogen) atoms. The van der Waals surface area contributed by atoms with Crippen LogP contribution in [0.25, 0.3) is 5.69 Å². The number of aliphatic hydroxyl groups excluding tert-OH is 1. The fourth-order valence-corrected chi connectivity index (χ4v) is 4.23. The summed E-state index contributed by atoms with van der Waals surface area (Å²) in [6.07, 6.45) is 4.07. The molecule has 0 radical (unpaired) electrons. The van der Waals surface area contributed by atoms with Crippen LogP contribution in [0.3, 0.4) is 0 Å². The topological polar surface area (TPSA) is 69.0 Å². The highest BCUT2D eigenvalue weighted by molar-refractivity contribution is 5.44. The molecule has 1 fully saturated rings. The zero-order valence-corrected chi connectivity index (χ0v) is 21.7. The summed E-state index contributed by atoms with van der Waals surface area (Å²) in [7, 11) is 1.65. The number of aliphatic hydroxyl groups is 1. The van der Waals surface area contributed by atoms with Crippen molar-refractivity contribution in [3.05, 3.63) is 65.9 Å². The van der Waals surface area contributed by atoms with E-state index in [9.17, 15) is 5.11 Å². The molecule has 0 unspecified atom stereocenters. The minimum atomic E-state index is -0.531. The average molecular weight is 494 g/mol. The van der Waals surface area contributed by atoms with E-state index in [0.29, 0.717) is 43.9 Å². The van der Waals surface area contributed by atoms with Gasteiger partial charge in [0.25, 0.3) is 0 Å². The lowest BCUT2D eigenvalue weighted by molar-refractivity contribution is 0.0134. The van der Waals surface area contributed by atoms with Gasteiger partial charge in [0.15, 0.2) is 0 Å². The van der Waals surface area contributed by atoms with Gasteiger partial charge in [0.05, 0.1) is 36.8 Å². The molecule has 0 aliphatic heterocycles. The Bertz CT molecular complexity index is 1060. The molecule has 1 atom stereocenters. The average Bonchev–Trinajstić information content (AvgIpc) is 3.66. The third kappa shape index (κ3) is 7.32. The van der Waals surface area contributed by atoms with Gasteiger partial charge in [-0.1, -0.05) is 31.5 Å². The zero-order valence-electron chi connectivity index (χ0n) is 21.7. The van der Waals surface area contributed by atoms with Crippen molar-refractivity contribution in [2.24, 2.45) is 5.92 Å². The molecule has 1 aromatic heterocycles. The molecule has 0 amide bonds. The minimum Gasteiger partial charge on any atom is -0.497 e. The molecule has 1 saturated carbocycles. The highest BCUT2D eigenvalue weighted by Gasteiger charge is 2.28. The number of benzene rings is 2.